The van der Waals surface area contributed by atoms with E-state index in [1.165, 1.54) is 27.7 Å². The number of carbonyl (C=O) groups excluding carboxylic acids is 2. The fourth-order valence-corrected chi connectivity index (χ4v) is 2.02. The van der Waals surface area contributed by atoms with Crippen molar-refractivity contribution < 1.29 is 19.8 Å². The van der Waals surface area contributed by atoms with Gasteiger partial charge >= 0.3 is 0 Å². The molecule has 0 radical (unpaired) electrons. The van der Waals surface area contributed by atoms with Crippen molar-refractivity contribution in [2.45, 2.75) is 80.4 Å². The van der Waals surface area contributed by atoms with Gasteiger partial charge in [-0.3, -0.25) is 9.59 Å². The van der Waals surface area contributed by atoms with E-state index in [0.717, 1.165) is 0 Å². The van der Waals surface area contributed by atoms with Crippen molar-refractivity contribution in [3.05, 3.63) is 0 Å². The van der Waals surface area contributed by atoms with Crippen LogP contribution in [0.3, 0.4) is 0 Å². The number of Topliss-reactive ketones (excluding diaryl/α,β-unsaturated/α-hetero) is 2. The number of ketones is 2. The second-order valence-electron chi connectivity index (χ2n) is 8.47. The highest BCUT2D eigenvalue weighted by Gasteiger charge is 2.42. The van der Waals surface area contributed by atoms with Crippen molar-refractivity contribution in [1.29, 1.82) is 0 Å². The summed E-state index contributed by atoms with van der Waals surface area (Å²) >= 11 is 0. The zero-order chi connectivity index (χ0) is 21.1. The van der Waals surface area contributed by atoms with Crippen LogP contribution in [0.5, 0.6) is 0 Å². The molecule has 0 saturated carbocycles. The summed E-state index contributed by atoms with van der Waals surface area (Å²) in [5.41, 5.74) is -5.61. The van der Waals surface area contributed by atoms with Crippen molar-refractivity contribution in [3.8, 4) is 23.7 Å². The van der Waals surface area contributed by atoms with Crippen LogP contribution in [0.15, 0.2) is 0 Å². The fourth-order valence-electron chi connectivity index (χ4n) is 2.02. The van der Waals surface area contributed by atoms with Gasteiger partial charge in [0.15, 0.2) is 11.2 Å². The van der Waals surface area contributed by atoms with E-state index >= 15 is 0 Å². The van der Waals surface area contributed by atoms with Gasteiger partial charge in [-0.25, -0.2) is 0 Å². The molecule has 0 fully saturated rings. The highest BCUT2D eigenvalue weighted by Crippen LogP contribution is 2.30. The zero-order valence-corrected chi connectivity index (χ0v) is 17.9. The Labute approximate surface area is 158 Å². The lowest BCUT2D eigenvalue weighted by Gasteiger charge is -2.32. The summed E-state index contributed by atoms with van der Waals surface area (Å²) in [6.07, 6.45) is 0. The second-order valence-corrected chi connectivity index (χ2v) is 8.47. The summed E-state index contributed by atoms with van der Waals surface area (Å²) in [6, 6.07) is 0. The maximum Gasteiger partial charge on any atom is 0.162 e. The molecule has 4 unspecified atom stereocenters. The monoisotopic (exact) mass is 362 g/mol. The molecule has 4 heteroatoms. The summed E-state index contributed by atoms with van der Waals surface area (Å²) in [6.45, 7) is 16.6. The summed E-state index contributed by atoms with van der Waals surface area (Å²) in [5, 5.41) is 21.4. The Kier molecular flexibility index (Phi) is 7.45. The van der Waals surface area contributed by atoms with Crippen LogP contribution in [0.2, 0.25) is 0 Å². The number of hydrogen-bond acceptors (Lipinski definition) is 4. The fraction of sp³-hybridized carbons (Fsp3) is 0.727. The Morgan fingerprint density at radius 1 is 0.654 bits per heavy atom. The number of hydrogen-bond donors (Lipinski definition) is 2. The van der Waals surface area contributed by atoms with Crippen LogP contribution in [0, 0.1) is 46.3 Å². The van der Waals surface area contributed by atoms with Crippen LogP contribution in [0.1, 0.15) is 69.2 Å². The van der Waals surface area contributed by atoms with E-state index in [1.807, 2.05) is 27.7 Å². The highest BCUT2D eigenvalue weighted by atomic mass is 16.3. The molecule has 0 aromatic heterocycles. The molecule has 146 valence electrons. The van der Waals surface area contributed by atoms with Gasteiger partial charge in [-0.2, -0.15) is 0 Å². The SMILES string of the molecule is CC(=O)C(C)(C#CC(C)(O)C(C)(O)C#CC(C)(C(C)=O)C(C)C)C(C)C. The Balaban J connectivity index is 6.05. The third-order valence-electron chi connectivity index (χ3n) is 5.85. The van der Waals surface area contributed by atoms with Crippen LogP contribution < -0.4 is 0 Å². The third-order valence-corrected chi connectivity index (χ3v) is 5.85. The van der Waals surface area contributed by atoms with Gasteiger partial charge in [-0.1, -0.05) is 51.4 Å². The molecule has 26 heavy (non-hydrogen) atoms. The minimum atomic E-state index is -1.87. The predicted octanol–water partition coefficient (Wildman–Crippen LogP) is 3.00. The van der Waals surface area contributed by atoms with Crippen LogP contribution in [-0.2, 0) is 9.59 Å². The van der Waals surface area contributed by atoms with Crippen molar-refractivity contribution in [2.75, 3.05) is 0 Å². The normalized spacial score (nSPS) is 20.4. The quantitative estimate of drug-likeness (QED) is 0.737. The summed E-state index contributed by atoms with van der Waals surface area (Å²) < 4.78 is 0. The zero-order valence-electron chi connectivity index (χ0n) is 17.9. The minimum absolute atomic E-state index is 0.0544. The first kappa shape index (κ1) is 24.4. The summed E-state index contributed by atoms with van der Waals surface area (Å²) in [4.78, 5) is 23.9. The van der Waals surface area contributed by atoms with Crippen molar-refractivity contribution in [1.82, 2.24) is 0 Å². The molecule has 0 aliphatic heterocycles. The predicted molar refractivity (Wildman–Crippen MR) is 104 cm³/mol. The van der Waals surface area contributed by atoms with E-state index in [1.54, 1.807) is 13.8 Å². The molecule has 4 nitrogen and oxygen atoms in total. The van der Waals surface area contributed by atoms with E-state index in [-0.39, 0.29) is 23.4 Å². The van der Waals surface area contributed by atoms with E-state index in [2.05, 4.69) is 23.7 Å². The van der Waals surface area contributed by atoms with Gasteiger partial charge in [0.2, 0.25) is 0 Å². The second kappa shape index (κ2) is 7.95. The Morgan fingerprint density at radius 2 is 0.885 bits per heavy atom. The van der Waals surface area contributed by atoms with E-state index in [0.29, 0.717) is 0 Å². The molecular weight excluding hydrogens is 328 g/mol. The van der Waals surface area contributed by atoms with Crippen LogP contribution in [-0.4, -0.2) is 33.0 Å². The Morgan fingerprint density at radius 3 is 1.04 bits per heavy atom. The van der Waals surface area contributed by atoms with Crippen LogP contribution >= 0.6 is 0 Å². The maximum absolute atomic E-state index is 12.0. The van der Waals surface area contributed by atoms with Gasteiger partial charge in [0.05, 0.1) is 10.8 Å². The molecule has 0 aromatic rings. The van der Waals surface area contributed by atoms with Crippen LogP contribution in [0.4, 0.5) is 0 Å². The van der Waals surface area contributed by atoms with E-state index < -0.39 is 22.0 Å². The largest absolute Gasteiger partial charge is 0.374 e. The summed E-state index contributed by atoms with van der Waals surface area (Å²) in [7, 11) is 0. The minimum Gasteiger partial charge on any atom is -0.374 e. The first-order chi connectivity index (χ1) is 11.4. The van der Waals surface area contributed by atoms with Gasteiger partial charge in [0, 0.05) is 0 Å². The molecule has 0 rings (SSSR count). The number of carbonyl (C=O) groups is 2. The molecule has 0 amide bonds. The molecule has 2 N–H and O–H groups in total. The van der Waals surface area contributed by atoms with Gasteiger partial charge in [0.25, 0.3) is 0 Å². The van der Waals surface area contributed by atoms with E-state index in [4.69, 9.17) is 0 Å². The van der Waals surface area contributed by atoms with Crippen molar-refractivity contribution >= 4 is 11.6 Å². The first-order valence-electron chi connectivity index (χ1n) is 8.99. The lowest BCUT2D eigenvalue weighted by molar-refractivity contribution is -0.125. The highest BCUT2D eigenvalue weighted by molar-refractivity contribution is 5.86. The number of aliphatic hydroxyl groups is 2. The smallest absolute Gasteiger partial charge is 0.162 e. The summed E-state index contributed by atoms with van der Waals surface area (Å²) in [5.74, 6) is 10.6. The Bertz CT molecular complexity index is 616. The van der Waals surface area contributed by atoms with Gasteiger partial charge in [-0.15, -0.1) is 0 Å². The molecule has 0 saturated heterocycles. The molecule has 0 aliphatic carbocycles. The first-order valence-corrected chi connectivity index (χ1v) is 8.99. The lowest BCUT2D eigenvalue weighted by atomic mass is 9.74. The molecule has 0 aliphatic rings. The van der Waals surface area contributed by atoms with Gasteiger partial charge in [-0.05, 0) is 53.4 Å². The average Bonchev–Trinajstić information content (AvgIpc) is 2.49. The molecule has 0 spiro atoms. The third kappa shape index (κ3) is 4.97. The molecule has 4 atom stereocenters. The molecule has 0 heterocycles. The standard InChI is InChI=1S/C22H34O4/c1-15(2)19(7,17(5)23)11-13-21(9,25)22(10,26)14-12-20(8,16(3)4)18(6)24/h15-16,25-26H,1-10H3. The van der Waals surface area contributed by atoms with Crippen LogP contribution in [0.25, 0.3) is 0 Å². The average molecular weight is 363 g/mol. The topological polar surface area (TPSA) is 74.6 Å². The Hall–Kier alpha value is -1.62. The molecular formula is C22H34O4. The lowest BCUT2D eigenvalue weighted by Crippen LogP contribution is -2.48. The molecule has 0 bridgehead atoms. The number of rotatable bonds is 5. The van der Waals surface area contributed by atoms with E-state index in [9.17, 15) is 19.8 Å². The van der Waals surface area contributed by atoms with Gasteiger partial charge < -0.3 is 10.2 Å². The van der Waals surface area contributed by atoms with Gasteiger partial charge in [0.1, 0.15) is 11.6 Å². The maximum atomic E-state index is 12.0. The van der Waals surface area contributed by atoms with Crippen molar-refractivity contribution in [3.63, 3.8) is 0 Å². The van der Waals surface area contributed by atoms with Crippen molar-refractivity contribution in [2.24, 2.45) is 22.7 Å². The molecule has 0 aromatic carbocycles.